The van der Waals surface area contributed by atoms with Gasteiger partial charge in [-0.3, -0.25) is 4.98 Å². The number of rotatable bonds is 4. The summed E-state index contributed by atoms with van der Waals surface area (Å²) in [6, 6.07) is 9.12. The summed E-state index contributed by atoms with van der Waals surface area (Å²) >= 11 is 0. The highest BCUT2D eigenvalue weighted by atomic mass is 14.9. The van der Waals surface area contributed by atoms with E-state index in [2.05, 4.69) is 41.5 Å². The summed E-state index contributed by atoms with van der Waals surface area (Å²) in [4.78, 5) is 4.36. The summed E-state index contributed by atoms with van der Waals surface area (Å²) in [6.07, 6.45) is 11.0. The van der Waals surface area contributed by atoms with Crippen LogP contribution in [0.4, 0.5) is 0 Å². The SMILES string of the molecule is CC(NCc1cncc2ccccc12)C1CCCCC1. The van der Waals surface area contributed by atoms with Crippen LogP contribution in [0.5, 0.6) is 0 Å². The molecule has 2 heteroatoms. The molecule has 0 amide bonds. The van der Waals surface area contributed by atoms with Crippen molar-refractivity contribution in [3.8, 4) is 0 Å². The Morgan fingerprint density at radius 1 is 1.15 bits per heavy atom. The van der Waals surface area contributed by atoms with Gasteiger partial charge in [-0.1, -0.05) is 43.5 Å². The molecule has 1 heterocycles. The van der Waals surface area contributed by atoms with Gasteiger partial charge in [0.15, 0.2) is 0 Å². The van der Waals surface area contributed by atoms with Crippen molar-refractivity contribution in [2.45, 2.75) is 51.6 Å². The molecule has 1 aromatic heterocycles. The molecule has 3 rings (SSSR count). The fourth-order valence-corrected chi connectivity index (χ4v) is 3.39. The third-order valence-corrected chi connectivity index (χ3v) is 4.72. The van der Waals surface area contributed by atoms with Crippen molar-refractivity contribution in [3.63, 3.8) is 0 Å². The Hall–Kier alpha value is -1.41. The topological polar surface area (TPSA) is 24.9 Å². The first-order valence-corrected chi connectivity index (χ1v) is 7.89. The first-order valence-electron chi connectivity index (χ1n) is 7.89. The second-order valence-corrected chi connectivity index (χ2v) is 6.09. The van der Waals surface area contributed by atoms with Crippen LogP contribution < -0.4 is 5.32 Å². The Morgan fingerprint density at radius 2 is 1.95 bits per heavy atom. The van der Waals surface area contributed by atoms with E-state index < -0.39 is 0 Å². The second kappa shape index (κ2) is 6.36. The number of pyridine rings is 1. The Morgan fingerprint density at radius 3 is 2.80 bits per heavy atom. The molecule has 1 saturated carbocycles. The molecular formula is C18H24N2. The van der Waals surface area contributed by atoms with Gasteiger partial charge in [0.2, 0.25) is 0 Å². The van der Waals surface area contributed by atoms with E-state index in [1.807, 2.05) is 12.4 Å². The third kappa shape index (κ3) is 3.01. The molecule has 1 aliphatic rings. The summed E-state index contributed by atoms with van der Waals surface area (Å²) in [7, 11) is 0. The zero-order valence-electron chi connectivity index (χ0n) is 12.3. The average Bonchev–Trinajstić information content (AvgIpc) is 2.53. The number of hydrogen-bond acceptors (Lipinski definition) is 2. The van der Waals surface area contributed by atoms with Crippen molar-refractivity contribution in [2.24, 2.45) is 5.92 Å². The van der Waals surface area contributed by atoms with Gasteiger partial charge in [0.25, 0.3) is 0 Å². The van der Waals surface area contributed by atoms with Gasteiger partial charge in [0, 0.05) is 30.4 Å². The molecular weight excluding hydrogens is 244 g/mol. The lowest BCUT2D eigenvalue weighted by atomic mass is 9.84. The zero-order chi connectivity index (χ0) is 13.8. The van der Waals surface area contributed by atoms with Crippen molar-refractivity contribution in [1.29, 1.82) is 0 Å². The van der Waals surface area contributed by atoms with Gasteiger partial charge in [-0.15, -0.1) is 0 Å². The summed E-state index contributed by atoms with van der Waals surface area (Å²) in [5.41, 5.74) is 1.31. The van der Waals surface area contributed by atoms with Crippen LogP contribution in [0.3, 0.4) is 0 Å². The number of nitrogens with zero attached hydrogens (tertiary/aromatic N) is 1. The van der Waals surface area contributed by atoms with Gasteiger partial charge in [0.1, 0.15) is 0 Å². The lowest BCUT2D eigenvalue weighted by molar-refractivity contribution is 0.281. The standard InChI is InChI=1S/C18H24N2/c1-14(15-7-3-2-4-8-15)20-13-17-12-19-11-16-9-5-6-10-18(16)17/h5-6,9-12,14-15,20H,2-4,7-8,13H2,1H3. The Bertz CT molecular complexity index is 553. The first-order chi connectivity index (χ1) is 9.84. The molecule has 20 heavy (non-hydrogen) atoms. The summed E-state index contributed by atoms with van der Waals surface area (Å²) in [5.74, 6) is 0.853. The number of benzene rings is 1. The lowest BCUT2D eigenvalue weighted by Crippen LogP contribution is -2.34. The maximum atomic E-state index is 4.36. The van der Waals surface area contributed by atoms with Crippen molar-refractivity contribution in [2.75, 3.05) is 0 Å². The van der Waals surface area contributed by atoms with E-state index in [9.17, 15) is 0 Å². The number of nitrogens with one attached hydrogen (secondary N) is 1. The first kappa shape index (κ1) is 13.6. The molecule has 0 bridgehead atoms. The quantitative estimate of drug-likeness (QED) is 0.894. The van der Waals surface area contributed by atoms with Gasteiger partial charge in [0.05, 0.1) is 0 Å². The minimum atomic E-state index is 0.606. The zero-order valence-corrected chi connectivity index (χ0v) is 12.3. The summed E-state index contributed by atoms with van der Waals surface area (Å²) in [6.45, 7) is 3.26. The number of fused-ring (bicyclic) bond motifs is 1. The van der Waals surface area contributed by atoms with Crippen LogP contribution >= 0.6 is 0 Å². The fourth-order valence-electron chi connectivity index (χ4n) is 3.39. The van der Waals surface area contributed by atoms with E-state index in [0.29, 0.717) is 6.04 Å². The molecule has 0 radical (unpaired) electrons. The molecule has 0 saturated heterocycles. The van der Waals surface area contributed by atoms with Crippen molar-refractivity contribution in [1.82, 2.24) is 10.3 Å². The second-order valence-electron chi connectivity index (χ2n) is 6.09. The van der Waals surface area contributed by atoms with Crippen molar-refractivity contribution < 1.29 is 0 Å². The Kier molecular flexibility index (Phi) is 4.31. The van der Waals surface area contributed by atoms with Crippen molar-refractivity contribution in [3.05, 3.63) is 42.2 Å². The van der Waals surface area contributed by atoms with Crippen LogP contribution in [0.15, 0.2) is 36.7 Å². The lowest BCUT2D eigenvalue weighted by Gasteiger charge is -2.28. The monoisotopic (exact) mass is 268 g/mol. The third-order valence-electron chi connectivity index (χ3n) is 4.72. The van der Waals surface area contributed by atoms with E-state index in [0.717, 1.165) is 12.5 Å². The summed E-state index contributed by atoms with van der Waals surface area (Å²) in [5, 5.41) is 6.28. The van der Waals surface area contributed by atoms with Gasteiger partial charge in [-0.05, 0) is 36.6 Å². The minimum absolute atomic E-state index is 0.606. The largest absolute Gasteiger partial charge is 0.310 e. The molecule has 1 aromatic carbocycles. The predicted molar refractivity (Wildman–Crippen MR) is 84.6 cm³/mol. The van der Waals surface area contributed by atoms with Crippen molar-refractivity contribution >= 4 is 10.8 Å². The minimum Gasteiger partial charge on any atom is -0.310 e. The Labute approximate surface area is 121 Å². The molecule has 2 nitrogen and oxygen atoms in total. The molecule has 0 spiro atoms. The molecule has 1 fully saturated rings. The van der Waals surface area contributed by atoms with E-state index >= 15 is 0 Å². The number of hydrogen-bond donors (Lipinski definition) is 1. The van der Waals surface area contributed by atoms with E-state index in [1.54, 1.807) is 0 Å². The highest BCUT2D eigenvalue weighted by molar-refractivity contribution is 5.84. The fraction of sp³-hybridized carbons (Fsp3) is 0.500. The van der Waals surface area contributed by atoms with Crippen LogP contribution in [0.25, 0.3) is 10.8 Å². The van der Waals surface area contributed by atoms with E-state index in [-0.39, 0.29) is 0 Å². The smallest absolute Gasteiger partial charge is 0.0346 e. The van der Waals surface area contributed by atoms with Crippen LogP contribution in [0.1, 0.15) is 44.6 Å². The van der Waals surface area contributed by atoms with Gasteiger partial charge >= 0.3 is 0 Å². The highest BCUT2D eigenvalue weighted by Gasteiger charge is 2.19. The van der Waals surface area contributed by atoms with E-state index in [4.69, 9.17) is 0 Å². The molecule has 2 aromatic rings. The van der Waals surface area contributed by atoms with Crippen LogP contribution in [0.2, 0.25) is 0 Å². The van der Waals surface area contributed by atoms with Crippen LogP contribution in [0, 0.1) is 5.92 Å². The normalized spacial score (nSPS) is 18.2. The van der Waals surface area contributed by atoms with Gasteiger partial charge in [-0.25, -0.2) is 0 Å². The average molecular weight is 268 g/mol. The molecule has 106 valence electrons. The number of aromatic nitrogens is 1. The van der Waals surface area contributed by atoms with Gasteiger partial charge < -0.3 is 5.32 Å². The molecule has 1 atom stereocenters. The molecule has 0 aliphatic heterocycles. The maximum Gasteiger partial charge on any atom is 0.0346 e. The molecule has 1 unspecified atom stereocenters. The van der Waals surface area contributed by atoms with Gasteiger partial charge in [-0.2, -0.15) is 0 Å². The van der Waals surface area contributed by atoms with Crippen LogP contribution in [-0.4, -0.2) is 11.0 Å². The molecule has 1 N–H and O–H groups in total. The highest BCUT2D eigenvalue weighted by Crippen LogP contribution is 2.26. The predicted octanol–water partition coefficient (Wildman–Crippen LogP) is 4.29. The summed E-state index contributed by atoms with van der Waals surface area (Å²) < 4.78 is 0. The maximum absolute atomic E-state index is 4.36. The Balaban J connectivity index is 1.67. The van der Waals surface area contributed by atoms with E-state index in [1.165, 1.54) is 48.4 Å². The molecule has 1 aliphatic carbocycles. The van der Waals surface area contributed by atoms with Crippen LogP contribution in [-0.2, 0) is 6.54 Å².